The smallest absolute Gasteiger partial charge is 0.274 e. The van der Waals surface area contributed by atoms with Gasteiger partial charge in [-0.3, -0.25) is 4.79 Å². The Hall–Kier alpha value is -1.44. The molecule has 1 aliphatic rings. The van der Waals surface area contributed by atoms with Crippen molar-refractivity contribution in [1.82, 2.24) is 9.88 Å². The minimum atomic E-state index is -0.321. The van der Waals surface area contributed by atoms with Crippen LogP contribution in [-0.4, -0.2) is 40.0 Å². The molecule has 22 heavy (non-hydrogen) atoms. The molecule has 4 nitrogen and oxygen atoms in total. The number of rotatable bonds is 3. The zero-order valence-electron chi connectivity index (χ0n) is 12.1. The maximum atomic E-state index is 13.5. The summed E-state index contributed by atoms with van der Waals surface area (Å²) in [6.07, 6.45) is 0. The highest BCUT2D eigenvalue weighted by molar-refractivity contribution is 7.99. The van der Waals surface area contributed by atoms with Gasteiger partial charge in [0.15, 0.2) is 0 Å². The molecule has 3 rings (SSSR count). The van der Waals surface area contributed by atoms with Crippen molar-refractivity contribution in [2.75, 3.05) is 18.2 Å². The number of carbonyl (C=O) groups excluding carboxylic acids is 1. The van der Waals surface area contributed by atoms with Gasteiger partial charge in [-0.05, 0) is 24.6 Å². The molecule has 7 heteroatoms. The van der Waals surface area contributed by atoms with Crippen LogP contribution in [0.3, 0.4) is 0 Å². The van der Waals surface area contributed by atoms with Crippen LogP contribution >= 0.6 is 23.1 Å². The first kappa shape index (κ1) is 15.5. The predicted molar refractivity (Wildman–Crippen MR) is 88.6 cm³/mol. The highest BCUT2D eigenvalue weighted by atomic mass is 32.2. The Labute approximate surface area is 136 Å². The maximum Gasteiger partial charge on any atom is 0.274 e. The van der Waals surface area contributed by atoms with Gasteiger partial charge < -0.3 is 10.6 Å². The standard InChI is InChI=1S/C15H16FN3OS2/c1-9-18-13(15(20)19-8-21-7-12(19)6-17)14(22-9)10-3-2-4-11(16)5-10/h2-5,12H,6-8,17H2,1H3/t12-/m1/s1. The van der Waals surface area contributed by atoms with Crippen molar-refractivity contribution in [2.24, 2.45) is 5.73 Å². The average molecular weight is 337 g/mol. The van der Waals surface area contributed by atoms with Gasteiger partial charge in [-0.15, -0.1) is 23.1 Å². The summed E-state index contributed by atoms with van der Waals surface area (Å²) in [5, 5.41) is 0.791. The second-order valence-electron chi connectivity index (χ2n) is 5.09. The van der Waals surface area contributed by atoms with Crippen molar-refractivity contribution >= 4 is 29.0 Å². The molecule has 0 saturated carbocycles. The second kappa shape index (κ2) is 6.36. The van der Waals surface area contributed by atoms with E-state index in [1.54, 1.807) is 28.8 Å². The number of aromatic nitrogens is 1. The highest BCUT2D eigenvalue weighted by Gasteiger charge is 2.32. The zero-order valence-corrected chi connectivity index (χ0v) is 13.7. The first-order valence-electron chi connectivity index (χ1n) is 6.92. The molecule has 0 spiro atoms. The molecule has 116 valence electrons. The molecule has 0 bridgehead atoms. The summed E-state index contributed by atoms with van der Waals surface area (Å²) in [5.74, 6) is 1.03. The minimum Gasteiger partial charge on any atom is -0.328 e. The van der Waals surface area contributed by atoms with Crippen molar-refractivity contribution in [3.05, 3.63) is 40.8 Å². The number of thiazole rings is 1. The number of halogens is 1. The number of benzene rings is 1. The van der Waals surface area contributed by atoms with Gasteiger partial charge in [0.2, 0.25) is 0 Å². The molecule has 2 N–H and O–H groups in total. The first-order valence-corrected chi connectivity index (χ1v) is 8.89. The summed E-state index contributed by atoms with van der Waals surface area (Å²) in [6.45, 7) is 2.29. The molecule has 0 aliphatic carbocycles. The Balaban J connectivity index is 1.99. The summed E-state index contributed by atoms with van der Waals surface area (Å²) in [4.78, 5) is 19.7. The van der Waals surface area contributed by atoms with Gasteiger partial charge in [0, 0.05) is 12.3 Å². The normalized spacial score (nSPS) is 18.0. The lowest BCUT2D eigenvalue weighted by atomic mass is 10.1. The van der Waals surface area contributed by atoms with Gasteiger partial charge in [-0.25, -0.2) is 9.37 Å². The zero-order chi connectivity index (χ0) is 15.7. The lowest BCUT2D eigenvalue weighted by Gasteiger charge is -2.22. The van der Waals surface area contributed by atoms with Crippen LogP contribution in [0.4, 0.5) is 4.39 Å². The average Bonchev–Trinajstić information content (AvgIpc) is 3.12. The van der Waals surface area contributed by atoms with E-state index in [0.29, 0.717) is 23.7 Å². The van der Waals surface area contributed by atoms with Gasteiger partial charge in [-0.1, -0.05) is 12.1 Å². The number of thioether (sulfide) groups is 1. The van der Waals surface area contributed by atoms with E-state index in [-0.39, 0.29) is 17.8 Å². The van der Waals surface area contributed by atoms with Crippen molar-refractivity contribution in [3.63, 3.8) is 0 Å². The Morgan fingerprint density at radius 1 is 1.55 bits per heavy atom. The molecule has 1 aromatic carbocycles. The summed E-state index contributed by atoms with van der Waals surface area (Å²) in [6, 6.07) is 6.30. The van der Waals surface area contributed by atoms with Crippen LogP contribution in [0.25, 0.3) is 10.4 Å². The van der Waals surface area contributed by atoms with E-state index in [4.69, 9.17) is 5.73 Å². The summed E-state index contributed by atoms with van der Waals surface area (Å²) in [5.41, 5.74) is 6.82. The van der Waals surface area contributed by atoms with Crippen molar-refractivity contribution < 1.29 is 9.18 Å². The quantitative estimate of drug-likeness (QED) is 0.935. The predicted octanol–water partition coefficient (Wildman–Crippen LogP) is 2.73. The van der Waals surface area contributed by atoms with Gasteiger partial charge in [0.05, 0.1) is 21.8 Å². The Morgan fingerprint density at radius 3 is 3.09 bits per heavy atom. The van der Waals surface area contributed by atoms with Gasteiger partial charge in [0.25, 0.3) is 5.91 Å². The van der Waals surface area contributed by atoms with Gasteiger partial charge in [0.1, 0.15) is 11.5 Å². The van der Waals surface area contributed by atoms with Crippen LogP contribution in [0, 0.1) is 12.7 Å². The monoisotopic (exact) mass is 337 g/mol. The van der Waals surface area contributed by atoms with E-state index in [0.717, 1.165) is 15.6 Å². The molecular formula is C15H16FN3OS2. The summed E-state index contributed by atoms with van der Waals surface area (Å²) in [7, 11) is 0. The Morgan fingerprint density at radius 2 is 2.36 bits per heavy atom. The van der Waals surface area contributed by atoms with Crippen LogP contribution in [0.2, 0.25) is 0 Å². The van der Waals surface area contributed by atoms with Crippen molar-refractivity contribution in [2.45, 2.75) is 13.0 Å². The van der Waals surface area contributed by atoms with E-state index < -0.39 is 0 Å². The van der Waals surface area contributed by atoms with Gasteiger partial charge >= 0.3 is 0 Å². The number of nitrogens with two attached hydrogens (primary N) is 1. The molecule has 2 heterocycles. The van der Waals surface area contributed by atoms with Crippen molar-refractivity contribution in [3.8, 4) is 10.4 Å². The topological polar surface area (TPSA) is 59.2 Å². The minimum absolute atomic E-state index is 0.0415. The summed E-state index contributed by atoms with van der Waals surface area (Å²) >= 11 is 3.10. The molecule has 1 saturated heterocycles. The highest BCUT2D eigenvalue weighted by Crippen LogP contribution is 2.33. The van der Waals surface area contributed by atoms with Crippen LogP contribution in [-0.2, 0) is 0 Å². The molecule has 1 fully saturated rings. The molecule has 1 aromatic heterocycles. The fourth-order valence-electron chi connectivity index (χ4n) is 2.44. The molecule has 0 unspecified atom stereocenters. The Kier molecular flexibility index (Phi) is 4.46. The lowest BCUT2D eigenvalue weighted by Crippen LogP contribution is -2.41. The van der Waals surface area contributed by atoms with E-state index >= 15 is 0 Å². The fourth-order valence-corrected chi connectivity index (χ4v) is 4.56. The summed E-state index contributed by atoms with van der Waals surface area (Å²) < 4.78 is 13.5. The van der Waals surface area contributed by atoms with Crippen LogP contribution in [0.15, 0.2) is 24.3 Å². The third-order valence-corrected chi connectivity index (χ3v) is 5.64. The van der Waals surface area contributed by atoms with E-state index in [1.807, 2.05) is 6.92 Å². The van der Waals surface area contributed by atoms with Gasteiger partial charge in [-0.2, -0.15) is 0 Å². The fraction of sp³-hybridized carbons (Fsp3) is 0.333. The second-order valence-corrected chi connectivity index (χ2v) is 7.29. The van der Waals surface area contributed by atoms with Crippen LogP contribution in [0.5, 0.6) is 0 Å². The number of amides is 1. The van der Waals surface area contributed by atoms with E-state index in [9.17, 15) is 9.18 Å². The van der Waals surface area contributed by atoms with Crippen LogP contribution < -0.4 is 5.73 Å². The molecule has 1 aliphatic heterocycles. The SMILES string of the molecule is Cc1nc(C(=O)N2CSC[C@H]2CN)c(-c2cccc(F)c2)s1. The Bertz CT molecular complexity index is 704. The number of hydrogen-bond acceptors (Lipinski definition) is 5. The number of nitrogens with zero attached hydrogens (tertiary/aromatic N) is 2. The molecular weight excluding hydrogens is 321 g/mol. The first-order chi connectivity index (χ1) is 10.6. The molecule has 0 radical (unpaired) electrons. The van der Waals surface area contributed by atoms with E-state index in [2.05, 4.69) is 4.98 Å². The maximum absolute atomic E-state index is 13.5. The molecule has 1 amide bonds. The lowest BCUT2D eigenvalue weighted by molar-refractivity contribution is 0.0748. The third-order valence-electron chi connectivity index (χ3n) is 3.54. The molecule has 1 atom stereocenters. The number of carbonyl (C=O) groups is 1. The third kappa shape index (κ3) is 2.88. The van der Waals surface area contributed by atoms with Crippen molar-refractivity contribution in [1.29, 1.82) is 0 Å². The molecule has 2 aromatic rings. The largest absolute Gasteiger partial charge is 0.328 e. The number of hydrogen-bond donors (Lipinski definition) is 1. The van der Waals surface area contributed by atoms with Crippen LogP contribution in [0.1, 0.15) is 15.5 Å². The number of aryl methyl sites for hydroxylation is 1. The van der Waals surface area contributed by atoms with E-state index in [1.165, 1.54) is 23.5 Å².